The molecule has 2 amide bonds. The van der Waals surface area contributed by atoms with Crippen LogP contribution in [-0.2, 0) is 12.7 Å². The molecule has 0 saturated carbocycles. The number of aromatic nitrogens is 7. The minimum atomic E-state index is -4.79. The number of nitrogens with zero attached hydrogens (tertiary/aromatic N) is 7. The van der Waals surface area contributed by atoms with Crippen LogP contribution in [0, 0.1) is 0 Å². The van der Waals surface area contributed by atoms with Crippen molar-refractivity contribution in [2.75, 3.05) is 17.3 Å². The predicted molar refractivity (Wildman–Crippen MR) is 148 cm³/mol. The van der Waals surface area contributed by atoms with E-state index in [1.165, 1.54) is 42.2 Å². The summed E-state index contributed by atoms with van der Waals surface area (Å²) < 4.78 is 39.9. The standard InChI is InChI=1S/C23H19Cl3F3N9O2S/c1-11(10-41-2)31-20(39)14-6-12(24)7-16(26)18(14)32-21(40)17-8-13(9-37-35-22(33-36-37)23(27,28)29)34-38(17)19-15(25)4-3-5-30-19/h3-8,11H,9-10H2,1-2H3,(H,31,39)(H,32,40)/t11-/m0/s1. The Morgan fingerprint density at radius 1 is 1.10 bits per heavy atom. The Balaban J connectivity index is 1.71. The average molecular weight is 649 g/mol. The van der Waals surface area contributed by atoms with Gasteiger partial charge in [0, 0.05) is 23.0 Å². The molecule has 18 heteroatoms. The molecule has 1 aromatic carbocycles. The first-order valence-corrected chi connectivity index (χ1v) is 14.0. The molecule has 0 spiro atoms. The van der Waals surface area contributed by atoms with Crippen molar-refractivity contribution in [3.8, 4) is 5.82 Å². The van der Waals surface area contributed by atoms with E-state index in [4.69, 9.17) is 34.8 Å². The number of carbonyl (C=O) groups is 2. The second-order valence-electron chi connectivity index (χ2n) is 8.48. The van der Waals surface area contributed by atoms with Crippen LogP contribution < -0.4 is 10.6 Å². The molecular weight excluding hydrogens is 630 g/mol. The van der Waals surface area contributed by atoms with Crippen molar-refractivity contribution >= 4 is 64.1 Å². The van der Waals surface area contributed by atoms with Crippen molar-refractivity contribution in [1.82, 2.24) is 40.3 Å². The molecule has 2 N–H and O–H groups in total. The number of tetrazole rings is 1. The number of alkyl halides is 3. The number of pyridine rings is 1. The zero-order valence-electron chi connectivity index (χ0n) is 21.1. The second-order valence-corrected chi connectivity index (χ2v) is 10.6. The number of hydrogen-bond donors (Lipinski definition) is 2. The lowest BCUT2D eigenvalue weighted by Crippen LogP contribution is -2.35. The maximum atomic E-state index is 13.6. The lowest BCUT2D eigenvalue weighted by atomic mass is 10.1. The Labute approximate surface area is 249 Å². The topological polar surface area (TPSA) is 133 Å². The zero-order chi connectivity index (χ0) is 29.9. The molecule has 0 aliphatic rings. The van der Waals surface area contributed by atoms with E-state index in [1.54, 1.807) is 6.07 Å². The molecule has 216 valence electrons. The van der Waals surface area contributed by atoms with Crippen LogP contribution in [0.2, 0.25) is 15.1 Å². The van der Waals surface area contributed by atoms with Crippen LogP contribution in [0.1, 0.15) is 39.3 Å². The van der Waals surface area contributed by atoms with Crippen LogP contribution in [0.25, 0.3) is 5.82 Å². The normalized spacial score (nSPS) is 12.3. The first-order chi connectivity index (χ1) is 19.4. The molecule has 0 radical (unpaired) electrons. The fourth-order valence-electron chi connectivity index (χ4n) is 3.58. The largest absolute Gasteiger partial charge is 0.455 e. The first kappa shape index (κ1) is 30.6. The van der Waals surface area contributed by atoms with Crippen LogP contribution in [-0.4, -0.2) is 64.8 Å². The highest BCUT2D eigenvalue weighted by Crippen LogP contribution is 2.31. The average Bonchev–Trinajstić information content (AvgIpc) is 3.53. The number of amides is 2. The van der Waals surface area contributed by atoms with E-state index in [0.29, 0.717) is 10.5 Å². The third-order valence-electron chi connectivity index (χ3n) is 5.27. The van der Waals surface area contributed by atoms with Gasteiger partial charge in [-0.1, -0.05) is 34.8 Å². The molecule has 4 rings (SSSR count). The Morgan fingerprint density at radius 2 is 1.85 bits per heavy atom. The Morgan fingerprint density at radius 3 is 2.51 bits per heavy atom. The van der Waals surface area contributed by atoms with Crippen molar-refractivity contribution in [3.05, 3.63) is 74.4 Å². The highest BCUT2D eigenvalue weighted by Gasteiger charge is 2.37. The smallest absolute Gasteiger partial charge is 0.349 e. The summed E-state index contributed by atoms with van der Waals surface area (Å²) in [4.78, 5) is 31.5. The van der Waals surface area contributed by atoms with Gasteiger partial charge in [-0.3, -0.25) is 9.59 Å². The summed E-state index contributed by atoms with van der Waals surface area (Å²) in [5.74, 6) is -2.05. The van der Waals surface area contributed by atoms with Gasteiger partial charge < -0.3 is 10.6 Å². The van der Waals surface area contributed by atoms with Gasteiger partial charge in [-0.15, -0.1) is 10.2 Å². The summed E-state index contributed by atoms with van der Waals surface area (Å²) in [5.41, 5.74) is -0.0690. The minimum absolute atomic E-state index is 0.0115. The fraction of sp³-hybridized carbons (Fsp3) is 0.261. The summed E-state index contributed by atoms with van der Waals surface area (Å²) in [7, 11) is 0. The highest BCUT2D eigenvalue weighted by atomic mass is 35.5. The number of carbonyl (C=O) groups excluding carboxylic acids is 2. The van der Waals surface area contributed by atoms with E-state index in [9.17, 15) is 22.8 Å². The van der Waals surface area contributed by atoms with Crippen molar-refractivity contribution in [1.29, 1.82) is 0 Å². The number of halogens is 6. The van der Waals surface area contributed by atoms with Gasteiger partial charge in [0.15, 0.2) is 5.82 Å². The van der Waals surface area contributed by atoms with Crippen LogP contribution in [0.15, 0.2) is 36.5 Å². The van der Waals surface area contributed by atoms with Gasteiger partial charge in [0.1, 0.15) is 12.2 Å². The monoisotopic (exact) mass is 647 g/mol. The van der Waals surface area contributed by atoms with Gasteiger partial charge in [-0.25, -0.2) is 9.67 Å². The number of nitrogens with one attached hydrogen (secondary N) is 2. The summed E-state index contributed by atoms with van der Waals surface area (Å²) in [6, 6.07) is 6.86. The maximum absolute atomic E-state index is 13.6. The van der Waals surface area contributed by atoms with Crippen LogP contribution >= 0.6 is 46.6 Å². The molecule has 0 bridgehead atoms. The molecule has 0 aliphatic carbocycles. The number of anilines is 1. The molecule has 11 nitrogen and oxygen atoms in total. The molecule has 41 heavy (non-hydrogen) atoms. The van der Waals surface area contributed by atoms with E-state index in [1.807, 2.05) is 13.2 Å². The van der Waals surface area contributed by atoms with Crippen molar-refractivity contribution in [2.45, 2.75) is 25.7 Å². The molecule has 0 saturated heterocycles. The third kappa shape index (κ3) is 7.28. The Bertz CT molecular complexity index is 1600. The Hall–Kier alpha value is -3.40. The van der Waals surface area contributed by atoms with Gasteiger partial charge in [0.05, 0.1) is 27.0 Å². The van der Waals surface area contributed by atoms with Crippen molar-refractivity contribution in [2.24, 2.45) is 0 Å². The molecule has 0 aliphatic heterocycles. The third-order valence-corrected chi connectivity index (χ3v) is 6.92. The summed E-state index contributed by atoms with van der Waals surface area (Å²) in [6.07, 6.45) is -1.49. The number of benzene rings is 1. The van der Waals surface area contributed by atoms with E-state index in [-0.39, 0.29) is 56.1 Å². The van der Waals surface area contributed by atoms with Gasteiger partial charge in [0.25, 0.3) is 17.6 Å². The van der Waals surface area contributed by atoms with Crippen molar-refractivity contribution in [3.63, 3.8) is 0 Å². The number of rotatable bonds is 9. The van der Waals surface area contributed by atoms with Gasteiger partial charge in [0.2, 0.25) is 0 Å². The van der Waals surface area contributed by atoms with Crippen LogP contribution in [0.5, 0.6) is 0 Å². The molecule has 4 aromatic rings. The summed E-state index contributed by atoms with van der Waals surface area (Å²) in [5, 5.41) is 19.7. The van der Waals surface area contributed by atoms with E-state index >= 15 is 0 Å². The zero-order valence-corrected chi connectivity index (χ0v) is 24.2. The summed E-state index contributed by atoms with van der Waals surface area (Å²) in [6.45, 7) is 1.45. The molecule has 0 unspecified atom stereocenters. The summed E-state index contributed by atoms with van der Waals surface area (Å²) >= 11 is 20.4. The van der Waals surface area contributed by atoms with E-state index in [2.05, 4.69) is 36.1 Å². The highest BCUT2D eigenvalue weighted by molar-refractivity contribution is 7.98. The molecule has 3 aromatic heterocycles. The van der Waals surface area contributed by atoms with Gasteiger partial charge >= 0.3 is 6.18 Å². The molecule has 3 heterocycles. The molecule has 0 fully saturated rings. The SMILES string of the molecule is CSC[C@H](C)NC(=O)c1cc(Cl)cc(Cl)c1NC(=O)c1cc(Cn2nnc(C(F)(F)F)n2)nn1-c1ncccc1Cl. The number of hydrogen-bond acceptors (Lipinski definition) is 8. The van der Waals surface area contributed by atoms with E-state index in [0.717, 1.165) is 4.68 Å². The molecule has 1 atom stereocenters. The van der Waals surface area contributed by atoms with Crippen LogP contribution in [0.3, 0.4) is 0 Å². The van der Waals surface area contributed by atoms with Crippen LogP contribution in [0.4, 0.5) is 18.9 Å². The maximum Gasteiger partial charge on any atom is 0.455 e. The minimum Gasteiger partial charge on any atom is -0.349 e. The Kier molecular flexibility index (Phi) is 9.41. The lowest BCUT2D eigenvalue weighted by Gasteiger charge is -2.17. The van der Waals surface area contributed by atoms with Gasteiger partial charge in [-0.05, 0) is 48.7 Å². The van der Waals surface area contributed by atoms with Crippen molar-refractivity contribution < 1.29 is 22.8 Å². The first-order valence-electron chi connectivity index (χ1n) is 11.5. The number of thioether (sulfide) groups is 1. The molecular formula is C23H19Cl3F3N9O2S. The quantitative estimate of drug-likeness (QED) is 0.259. The van der Waals surface area contributed by atoms with Gasteiger partial charge in [-0.2, -0.15) is 34.8 Å². The fourth-order valence-corrected chi connectivity index (χ4v) is 4.91. The lowest BCUT2D eigenvalue weighted by molar-refractivity contribution is -0.145. The van der Waals surface area contributed by atoms with E-state index < -0.39 is 23.8 Å². The predicted octanol–water partition coefficient (Wildman–Crippen LogP) is 5.01. The second kappa shape index (κ2) is 12.6.